The molecule has 0 spiro atoms. The van der Waals surface area contributed by atoms with E-state index in [9.17, 15) is 4.39 Å². The van der Waals surface area contributed by atoms with Crippen LogP contribution < -0.4 is 5.32 Å². The molecular weight excluding hydrogens is 308 g/mol. The second-order valence-corrected chi connectivity index (χ2v) is 5.87. The fourth-order valence-corrected chi connectivity index (χ4v) is 2.51. The van der Waals surface area contributed by atoms with E-state index in [1.54, 1.807) is 12.1 Å². The van der Waals surface area contributed by atoms with Crippen molar-refractivity contribution in [1.29, 1.82) is 0 Å². The molecule has 0 aliphatic rings. The van der Waals surface area contributed by atoms with Crippen molar-refractivity contribution in [2.24, 2.45) is 0 Å². The highest BCUT2D eigenvalue weighted by Gasteiger charge is 2.14. The van der Waals surface area contributed by atoms with E-state index in [0.717, 1.165) is 18.5 Å². The van der Waals surface area contributed by atoms with Gasteiger partial charge in [0.1, 0.15) is 5.82 Å². The van der Waals surface area contributed by atoms with E-state index in [2.05, 4.69) is 12.2 Å². The lowest BCUT2D eigenvalue weighted by atomic mass is 9.98. The molecule has 21 heavy (non-hydrogen) atoms. The minimum absolute atomic E-state index is 0.0536. The van der Waals surface area contributed by atoms with Crippen LogP contribution in [0.1, 0.15) is 30.5 Å². The number of rotatable bonds is 6. The summed E-state index contributed by atoms with van der Waals surface area (Å²) in [5, 5.41) is 4.57. The molecule has 0 radical (unpaired) electrons. The van der Waals surface area contributed by atoms with Crippen LogP contribution in [0, 0.1) is 5.82 Å². The van der Waals surface area contributed by atoms with Gasteiger partial charge in [-0.3, -0.25) is 0 Å². The van der Waals surface area contributed by atoms with Gasteiger partial charge in [0.25, 0.3) is 0 Å². The van der Waals surface area contributed by atoms with Crippen molar-refractivity contribution in [2.75, 3.05) is 6.54 Å². The lowest BCUT2D eigenvalue weighted by Gasteiger charge is -2.19. The third-order valence-electron chi connectivity index (χ3n) is 3.35. The molecule has 2 rings (SSSR count). The van der Waals surface area contributed by atoms with Crippen LogP contribution in [0.15, 0.2) is 42.5 Å². The monoisotopic (exact) mass is 325 g/mol. The van der Waals surface area contributed by atoms with Gasteiger partial charge in [0.05, 0.1) is 0 Å². The molecule has 1 N–H and O–H groups in total. The van der Waals surface area contributed by atoms with E-state index < -0.39 is 0 Å². The van der Waals surface area contributed by atoms with Crippen LogP contribution in [-0.4, -0.2) is 6.54 Å². The zero-order valence-corrected chi connectivity index (χ0v) is 13.4. The molecule has 112 valence electrons. The number of benzene rings is 2. The third kappa shape index (κ3) is 4.70. The van der Waals surface area contributed by atoms with Crippen LogP contribution >= 0.6 is 23.2 Å². The van der Waals surface area contributed by atoms with E-state index in [1.807, 2.05) is 24.3 Å². The number of nitrogens with one attached hydrogen (secondary N) is 1. The van der Waals surface area contributed by atoms with E-state index in [1.165, 1.54) is 6.07 Å². The molecule has 0 aliphatic carbocycles. The summed E-state index contributed by atoms with van der Waals surface area (Å²) >= 11 is 11.7. The Kier molecular flexibility index (Phi) is 6.04. The molecule has 1 nitrogen and oxygen atoms in total. The molecule has 2 aromatic carbocycles. The average molecular weight is 326 g/mol. The maximum atomic E-state index is 14.0. The molecule has 0 aliphatic heterocycles. The van der Waals surface area contributed by atoms with E-state index >= 15 is 0 Å². The maximum Gasteiger partial charge on any atom is 0.127 e. The molecule has 0 amide bonds. The average Bonchev–Trinajstić information content (AvgIpc) is 2.46. The first kappa shape index (κ1) is 16.3. The smallest absolute Gasteiger partial charge is 0.127 e. The van der Waals surface area contributed by atoms with Crippen LogP contribution in [0.25, 0.3) is 0 Å². The summed E-state index contributed by atoms with van der Waals surface area (Å²) < 4.78 is 14.0. The highest BCUT2D eigenvalue weighted by Crippen LogP contribution is 2.23. The minimum atomic E-state index is -0.264. The standard InChI is InChI=1S/C17H18Cl2FN/c1-2-9-21-17(12-3-6-14(18)7-4-12)10-13-5-8-15(19)11-16(13)20/h3-8,11,17,21H,2,9-10H2,1H3. The Hall–Kier alpha value is -1.09. The lowest BCUT2D eigenvalue weighted by Crippen LogP contribution is -2.24. The first-order valence-electron chi connectivity index (χ1n) is 7.03. The van der Waals surface area contributed by atoms with Crippen molar-refractivity contribution in [3.05, 3.63) is 69.5 Å². The van der Waals surface area contributed by atoms with Crippen molar-refractivity contribution in [3.63, 3.8) is 0 Å². The van der Waals surface area contributed by atoms with Gasteiger partial charge in [-0.15, -0.1) is 0 Å². The largest absolute Gasteiger partial charge is 0.310 e. The van der Waals surface area contributed by atoms with Crippen LogP contribution in [0.5, 0.6) is 0 Å². The van der Waals surface area contributed by atoms with Crippen molar-refractivity contribution < 1.29 is 4.39 Å². The fourth-order valence-electron chi connectivity index (χ4n) is 2.23. The Labute approximate surface area is 135 Å². The minimum Gasteiger partial charge on any atom is -0.310 e. The summed E-state index contributed by atoms with van der Waals surface area (Å²) in [4.78, 5) is 0. The first-order valence-corrected chi connectivity index (χ1v) is 7.78. The first-order chi connectivity index (χ1) is 10.1. The number of halogens is 3. The van der Waals surface area contributed by atoms with Gasteiger partial charge in [0, 0.05) is 16.1 Å². The lowest BCUT2D eigenvalue weighted by molar-refractivity contribution is 0.513. The van der Waals surface area contributed by atoms with Gasteiger partial charge in [0.15, 0.2) is 0 Å². The fraction of sp³-hybridized carbons (Fsp3) is 0.294. The Bertz CT molecular complexity index is 584. The van der Waals surface area contributed by atoms with E-state index in [4.69, 9.17) is 23.2 Å². The van der Waals surface area contributed by atoms with Crippen LogP contribution in [-0.2, 0) is 6.42 Å². The summed E-state index contributed by atoms with van der Waals surface area (Å²) in [5.41, 5.74) is 1.75. The second-order valence-electron chi connectivity index (χ2n) is 5.00. The zero-order chi connectivity index (χ0) is 15.2. The van der Waals surface area contributed by atoms with Crippen LogP contribution in [0.4, 0.5) is 4.39 Å². The van der Waals surface area contributed by atoms with Crippen molar-refractivity contribution in [1.82, 2.24) is 5.32 Å². The molecular formula is C17H18Cl2FN. The number of hydrogen-bond donors (Lipinski definition) is 1. The topological polar surface area (TPSA) is 12.0 Å². The quantitative estimate of drug-likeness (QED) is 0.748. The summed E-state index contributed by atoms with van der Waals surface area (Å²) in [5.74, 6) is -0.264. The molecule has 4 heteroatoms. The summed E-state index contributed by atoms with van der Waals surface area (Å²) in [7, 11) is 0. The highest BCUT2D eigenvalue weighted by atomic mass is 35.5. The molecule has 0 heterocycles. The van der Waals surface area contributed by atoms with E-state index in [0.29, 0.717) is 22.0 Å². The van der Waals surface area contributed by atoms with Crippen LogP contribution in [0.3, 0.4) is 0 Å². The van der Waals surface area contributed by atoms with E-state index in [-0.39, 0.29) is 11.9 Å². The van der Waals surface area contributed by atoms with Crippen molar-refractivity contribution >= 4 is 23.2 Å². The third-order valence-corrected chi connectivity index (χ3v) is 3.84. The molecule has 2 aromatic rings. The summed E-state index contributed by atoms with van der Waals surface area (Å²) in [6.07, 6.45) is 1.60. The normalized spacial score (nSPS) is 12.4. The Balaban J connectivity index is 2.21. The molecule has 1 atom stereocenters. The molecule has 0 bridgehead atoms. The Morgan fingerprint density at radius 1 is 1.05 bits per heavy atom. The number of hydrogen-bond acceptors (Lipinski definition) is 1. The summed E-state index contributed by atoms with van der Waals surface area (Å²) in [6.45, 7) is 2.98. The van der Waals surface area contributed by atoms with Gasteiger partial charge in [0.2, 0.25) is 0 Å². The molecule has 0 aromatic heterocycles. The molecule has 0 saturated carbocycles. The zero-order valence-electron chi connectivity index (χ0n) is 11.9. The van der Waals surface area contributed by atoms with Crippen molar-refractivity contribution in [2.45, 2.75) is 25.8 Å². The SMILES string of the molecule is CCCNC(Cc1ccc(Cl)cc1F)c1ccc(Cl)cc1. The Morgan fingerprint density at radius 2 is 1.71 bits per heavy atom. The van der Waals surface area contributed by atoms with Gasteiger partial charge in [-0.2, -0.15) is 0 Å². The second kappa shape index (κ2) is 7.79. The van der Waals surface area contributed by atoms with Crippen LogP contribution in [0.2, 0.25) is 10.0 Å². The van der Waals surface area contributed by atoms with Gasteiger partial charge in [-0.1, -0.05) is 48.3 Å². The highest BCUT2D eigenvalue weighted by molar-refractivity contribution is 6.30. The molecule has 0 saturated heterocycles. The molecule has 1 unspecified atom stereocenters. The van der Waals surface area contributed by atoms with Gasteiger partial charge >= 0.3 is 0 Å². The predicted octanol–water partition coefficient (Wildman–Crippen LogP) is 5.42. The van der Waals surface area contributed by atoms with Gasteiger partial charge < -0.3 is 5.32 Å². The molecule has 0 fully saturated rings. The van der Waals surface area contributed by atoms with Gasteiger partial charge in [-0.05, 0) is 54.8 Å². The van der Waals surface area contributed by atoms with Crippen molar-refractivity contribution in [3.8, 4) is 0 Å². The Morgan fingerprint density at radius 3 is 2.33 bits per heavy atom. The maximum absolute atomic E-state index is 14.0. The summed E-state index contributed by atoms with van der Waals surface area (Å²) in [6, 6.07) is 12.5. The predicted molar refractivity (Wildman–Crippen MR) is 87.6 cm³/mol. The van der Waals surface area contributed by atoms with Gasteiger partial charge in [-0.25, -0.2) is 4.39 Å².